The number of amides is 3. The standard InChI is InChI=1S/C26H22N4O2/c27-25(31)21-12-14-22(15-13-21)30(26(32)29-18-19-7-6-16-28-17-19)24-11-5-4-10-23(24)20-8-2-1-3-9-20/h1-17H,18H2,(H2,27,31)(H,29,32). The lowest BCUT2D eigenvalue weighted by Crippen LogP contribution is -2.36. The average molecular weight is 422 g/mol. The van der Waals surface area contributed by atoms with Gasteiger partial charge < -0.3 is 11.1 Å². The molecule has 4 rings (SSSR count). The summed E-state index contributed by atoms with van der Waals surface area (Å²) in [6.07, 6.45) is 3.40. The number of aromatic nitrogens is 1. The molecule has 1 aromatic heterocycles. The van der Waals surface area contributed by atoms with Crippen molar-refractivity contribution in [1.29, 1.82) is 0 Å². The summed E-state index contributed by atoms with van der Waals surface area (Å²) in [4.78, 5) is 30.6. The van der Waals surface area contributed by atoms with E-state index >= 15 is 0 Å². The summed E-state index contributed by atoms with van der Waals surface area (Å²) >= 11 is 0. The summed E-state index contributed by atoms with van der Waals surface area (Å²) in [6.45, 7) is 0.329. The predicted molar refractivity (Wildman–Crippen MR) is 125 cm³/mol. The van der Waals surface area contributed by atoms with E-state index in [1.165, 1.54) is 0 Å². The molecule has 0 atom stereocenters. The van der Waals surface area contributed by atoms with Crippen LogP contribution in [0.2, 0.25) is 0 Å². The van der Waals surface area contributed by atoms with E-state index in [1.54, 1.807) is 41.6 Å². The lowest BCUT2D eigenvalue weighted by molar-refractivity contribution is 0.100. The van der Waals surface area contributed by atoms with Gasteiger partial charge in [-0.3, -0.25) is 14.7 Å². The van der Waals surface area contributed by atoms with Gasteiger partial charge in [0.05, 0.1) is 11.4 Å². The second-order valence-electron chi connectivity index (χ2n) is 7.15. The number of nitrogens with two attached hydrogens (primary N) is 1. The van der Waals surface area contributed by atoms with Gasteiger partial charge in [-0.25, -0.2) is 4.79 Å². The highest BCUT2D eigenvalue weighted by molar-refractivity contribution is 6.03. The number of hydrogen-bond acceptors (Lipinski definition) is 3. The molecule has 0 fully saturated rings. The van der Waals surface area contributed by atoms with E-state index in [9.17, 15) is 9.59 Å². The molecule has 0 spiro atoms. The van der Waals surface area contributed by atoms with Crippen LogP contribution in [0.25, 0.3) is 11.1 Å². The van der Waals surface area contributed by atoms with E-state index in [-0.39, 0.29) is 6.03 Å². The number of benzene rings is 3. The van der Waals surface area contributed by atoms with Crippen molar-refractivity contribution in [3.63, 3.8) is 0 Å². The highest BCUT2D eigenvalue weighted by Gasteiger charge is 2.21. The second-order valence-corrected chi connectivity index (χ2v) is 7.15. The molecule has 0 aliphatic heterocycles. The number of rotatable bonds is 6. The van der Waals surface area contributed by atoms with Gasteiger partial charge in [-0.1, -0.05) is 54.6 Å². The van der Waals surface area contributed by atoms with E-state index < -0.39 is 5.91 Å². The van der Waals surface area contributed by atoms with Crippen LogP contribution in [0.15, 0.2) is 103 Å². The Morgan fingerprint density at radius 3 is 2.25 bits per heavy atom. The molecule has 0 unspecified atom stereocenters. The van der Waals surface area contributed by atoms with Crippen molar-refractivity contribution in [2.75, 3.05) is 4.90 Å². The normalized spacial score (nSPS) is 10.4. The summed E-state index contributed by atoms with van der Waals surface area (Å²) < 4.78 is 0. The molecule has 0 radical (unpaired) electrons. The van der Waals surface area contributed by atoms with Gasteiger partial charge in [-0.15, -0.1) is 0 Å². The third-order valence-electron chi connectivity index (χ3n) is 5.01. The molecule has 3 N–H and O–H groups in total. The van der Waals surface area contributed by atoms with E-state index in [4.69, 9.17) is 5.73 Å². The lowest BCUT2D eigenvalue weighted by atomic mass is 10.0. The zero-order valence-electron chi connectivity index (χ0n) is 17.3. The number of anilines is 2. The fourth-order valence-electron chi connectivity index (χ4n) is 3.43. The molecule has 3 aromatic carbocycles. The van der Waals surface area contributed by atoms with Crippen molar-refractivity contribution >= 4 is 23.3 Å². The maximum Gasteiger partial charge on any atom is 0.326 e. The Bertz CT molecular complexity index is 1210. The summed E-state index contributed by atoms with van der Waals surface area (Å²) in [6, 6.07) is 27.7. The van der Waals surface area contributed by atoms with Gasteiger partial charge in [0.1, 0.15) is 0 Å². The molecule has 4 aromatic rings. The topological polar surface area (TPSA) is 88.3 Å². The van der Waals surface area contributed by atoms with Crippen molar-refractivity contribution < 1.29 is 9.59 Å². The van der Waals surface area contributed by atoms with Crippen LogP contribution in [0.4, 0.5) is 16.2 Å². The number of nitrogens with one attached hydrogen (secondary N) is 1. The van der Waals surface area contributed by atoms with Gasteiger partial charge in [-0.05, 0) is 47.5 Å². The Morgan fingerprint density at radius 2 is 1.56 bits per heavy atom. The van der Waals surface area contributed by atoms with Gasteiger partial charge >= 0.3 is 6.03 Å². The molecule has 0 aliphatic rings. The lowest BCUT2D eigenvalue weighted by Gasteiger charge is -2.26. The van der Waals surface area contributed by atoms with Gasteiger partial charge in [-0.2, -0.15) is 0 Å². The molecule has 0 aliphatic carbocycles. The SMILES string of the molecule is NC(=O)c1ccc(N(C(=O)NCc2cccnc2)c2ccccc2-c2ccccc2)cc1. The van der Waals surface area contributed by atoms with E-state index in [1.807, 2.05) is 66.7 Å². The van der Waals surface area contributed by atoms with Crippen LogP contribution in [0, 0.1) is 0 Å². The first-order valence-electron chi connectivity index (χ1n) is 10.1. The Balaban J connectivity index is 1.74. The molecular formula is C26H22N4O2. The van der Waals surface area contributed by atoms with Gasteiger partial charge in [0, 0.05) is 30.1 Å². The first-order valence-corrected chi connectivity index (χ1v) is 10.1. The monoisotopic (exact) mass is 422 g/mol. The number of hydrogen-bond donors (Lipinski definition) is 2. The Kier molecular flexibility index (Phi) is 6.22. The first kappa shape index (κ1) is 20.8. The number of carbonyl (C=O) groups excluding carboxylic acids is 2. The van der Waals surface area contributed by atoms with E-state index in [2.05, 4.69) is 10.3 Å². The van der Waals surface area contributed by atoms with Crippen LogP contribution >= 0.6 is 0 Å². The zero-order chi connectivity index (χ0) is 22.3. The summed E-state index contributed by atoms with van der Waals surface area (Å²) in [5.41, 5.74) is 9.87. The van der Waals surface area contributed by atoms with Gasteiger partial charge in [0.15, 0.2) is 0 Å². The molecule has 158 valence electrons. The van der Waals surface area contributed by atoms with Crippen LogP contribution in [0.3, 0.4) is 0 Å². The van der Waals surface area contributed by atoms with E-state index in [0.29, 0.717) is 23.5 Å². The molecule has 6 nitrogen and oxygen atoms in total. The highest BCUT2D eigenvalue weighted by Crippen LogP contribution is 2.35. The molecule has 0 saturated carbocycles. The quantitative estimate of drug-likeness (QED) is 0.463. The maximum atomic E-state index is 13.4. The van der Waals surface area contributed by atoms with Crippen LogP contribution in [-0.4, -0.2) is 16.9 Å². The second kappa shape index (κ2) is 9.57. The molecular weight excluding hydrogens is 400 g/mol. The van der Waals surface area contributed by atoms with Crippen molar-refractivity contribution in [1.82, 2.24) is 10.3 Å². The van der Waals surface area contributed by atoms with Crippen molar-refractivity contribution in [3.8, 4) is 11.1 Å². The van der Waals surface area contributed by atoms with E-state index in [0.717, 1.165) is 16.7 Å². The molecule has 3 amide bonds. The third kappa shape index (κ3) is 4.65. The summed E-state index contributed by atoms with van der Waals surface area (Å²) in [5, 5.41) is 2.97. The van der Waals surface area contributed by atoms with Crippen LogP contribution in [-0.2, 0) is 6.54 Å². The molecule has 6 heteroatoms. The van der Waals surface area contributed by atoms with Gasteiger partial charge in [0.25, 0.3) is 0 Å². The van der Waals surface area contributed by atoms with Crippen molar-refractivity contribution in [2.24, 2.45) is 5.73 Å². The van der Waals surface area contributed by atoms with Crippen LogP contribution in [0.5, 0.6) is 0 Å². The number of primary amides is 1. The number of carbonyl (C=O) groups is 2. The Hall–Kier alpha value is -4.45. The minimum atomic E-state index is -0.520. The number of urea groups is 1. The molecule has 1 heterocycles. The fourth-order valence-corrected chi connectivity index (χ4v) is 3.43. The predicted octanol–water partition coefficient (Wildman–Crippen LogP) is 4.90. The maximum absolute atomic E-state index is 13.4. The summed E-state index contributed by atoms with van der Waals surface area (Å²) in [5.74, 6) is -0.520. The molecule has 32 heavy (non-hydrogen) atoms. The number of pyridine rings is 1. The smallest absolute Gasteiger partial charge is 0.326 e. The van der Waals surface area contributed by atoms with Crippen molar-refractivity contribution in [2.45, 2.75) is 6.54 Å². The average Bonchev–Trinajstić information content (AvgIpc) is 2.85. The van der Waals surface area contributed by atoms with Crippen molar-refractivity contribution in [3.05, 3.63) is 115 Å². The molecule has 0 bridgehead atoms. The Labute approximate surface area is 186 Å². The molecule has 0 saturated heterocycles. The minimum absolute atomic E-state index is 0.302. The van der Waals surface area contributed by atoms with Gasteiger partial charge in [0.2, 0.25) is 5.91 Å². The van der Waals surface area contributed by atoms with Crippen LogP contribution in [0.1, 0.15) is 15.9 Å². The zero-order valence-corrected chi connectivity index (χ0v) is 17.3. The highest BCUT2D eigenvalue weighted by atomic mass is 16.2. The first-order chi connectivity index (χ1) is 15.6. The largest absolute Gasteiger partial charge is 0.366 e. The fraction of sp³-hybridized carbons (Fsp3) is 0.0385. The Morgan fingerprint density at radius 1 is 0.844 bits per heavy atom. The van der Waals surface area contributed by atoms with Crippen LogP contribution < -0.4 is 16.0 Å². The number of nitrogens with zero attached hydrogens (tertiary/aromatic N) is 2. The third-order valence-corrected chi connectivity index (χ3v) is 5.01. The summed E-state index contributed by atoms with van der Waals surface area (Å²) in [7, 11) is 0. The number of para-hydroxylation sites is 1. The minimum Gasteiger partial charge on any atom is -0.366 e.